The van der Waals surface area contributed by atoms with E-state index in [1.54, 1.807) is 53.1 Å². The van der Waals surface area contributed by atoms with Crippen molar-refractivity contribution in [3.8, 4) is 5.75 Å². The van der Waals surface area contributed by atoms with Crippen LogP contribution in [0.4, 0.5) is 0 Å². The lowest BCUT2D eigenvalue weighted by Crippen LogP contribution is -2.19. The van der Waals surface area contributed by atoms with Gasteiger partial charge in [-0.2, -0.15) is 0 Å². The normalized spacial score (nSPS) is 11.5. The number of aromatic nitrogens is 1. The van der Waals surface area contributed by atoms with Crippen LogP contribution in [0.2, 0.25) is 5.02 Å². The SMILES string of the molecule is COc1ccc2c(c1)c(=O)c(S(=O)(=O)c1ccccc1)cn2Cc1cccc(Cl)c1. The molecule has 1 heterocycles. The molecule has 152 valence electrons. The van der Waals surface area contributed by atoms with Crippen LogP contribution in [0.25, 0.3) is 10.9 Å². The van der Waals surface area contributed by atoms with Crippen molar-refractivity contribution in [2.75, 3.05) is 7.11 Å². The molecule has 7 heteroatoms. The first-order chi connectivity index (χ1) is 14.4. The number of hydrogen-bond acceptors (Lipinski definition) is 4. The van der Waals surface area contributed by atoms with E-state index in [2.05, 4.69) is 0 Å². The Labute approximate surface area is 179 Å². The van der Waals surface area contributed by atoms with E-state index in [1.165, 1.54) is 25.4 Å². The van der Waals surface area contributed by atoms with Gasteiger partial charge in [-0.15, -0.1) is 0 Å². The zero-order valence-corrected chi connectivity index (χ0v) is 17.7. The second kappa shape index (κ2) is 7.97. The number of nitrogens with zero attached hydrogens (tertiary/aromatic N) is 1. The average molecular weight is 440 g/mol. The van der Waals surface area contributed by atoms with Crippen molar-refractivity contribution in [2.24, 2.45) is 0 Å². The third-order valence-electron chi connectivity index (χ3n) is 4.84. The van der Waals surface area contributed by atoms with Crippen LogP contribution in [0.15, 0.2) is 93.6 Å². The minimum absolute atomic E-state index is 0.0682. The largest absolute Gasteiger partial charge is 0.497 e. The Hall–Kier alpha value is -3.09. The molecule has 0 fully saturated rings. The third kappa shape index (κ3) is 3.72. The number of fused-ring (bicyclic) bond motifs is 1. The maximum absolute atomic E-state index is 13.2. The summed E-state index contributed by atoms with van der Waals surface area (Å²) in [7, 11) is -2.51. The van der Waals surface area contributed by atoms with Gasteiger partial charge in [-0.3, -0.25) is 4.79 Å². The third-order valence-corrected chi connectivity index (χ3v) is 6.84. The van der Waals surface area contributed by atoms with Gasteiger partial charge in [-0.25, -0.2) is 8.42 Å². The topological polar surface area (TPSA) is 65.4 Å². The van der Waals surface area contributed by atoms with Gasteiger partial charge in [0, 0.05) is 17.8 Å². The van der Waals surface area contributed by atoms with Crippen molar-refractivity contribution in [2.45, 2.75) is 16.3 Å². The summed E-state index contributed by atoms with van der Waals surface area (Å²) < 4.78 is 33.5. The van der Waals surface area contributed by atoms with E-state index >= 15 is 0 Å². The molecular weight excluding hydrogens is 422 g/mol. The maximum Gasteiger partial charge on any atom is 0.211 e. The van der Waals surface area contributed by atoms with Crippen LogP contribution in [0.1, 0.15) is 5.56 Å². The fourth-order valence-corrected chi connectivity index (χ4v) is 4.96. The van der Waals surface area contributed by atoms with Gasteiger partial charge in [0.1, 0.15) is 10.6 Å². The van der Waals surface area contributed by atoms with Gasteiger partial charge in [0.2, 0.25) is 15.3 Å². The molecule has 0 bridgehead atoms. The molecule has 0 saturated heterocycles. The number of rotatable bonds is 5. The van der Waals surface area contributed by atoms with E-state index in [0.717, 1.165) is 5.56 Å². The van der Waals surface area contributed by atoms with Crippen molar-refractivity contribution in [3.05, 3.63) is 99.8 Å². The number of methoxy groups -OCH3 is 1. The van der Waals surface area contributed by atoms with Crippen LogP contribution in [-0.4, -0.2) is 20.1 Å². The van der Waals surface area contributed by atoms with Crippen LogP contribution in [-0.2, 0) is 16.4 Å². The lowest BCUT2D eigenvalue weighted by atomic mass is 10.1. The molecule has 4 aromatic rings. The fourth-order valence-electron chi connectivity index (χ4n) is 3.36. The van der Waals surface area contributed by atoms with Crippen LogP contribution in [0.5, 0.6) is 5.75 Å². The molecule has 5 nitrogen and oxygen atoms in total. The highest BCUT2D eigenvalue weighted by Gasteiger charge is 2.24. The first-order valence-electron chi connectivity index (χ1n) is 9.16. The molecule has 0 spiro atoms. The summed E-state index contributed by atoms with van der Waals surface area (Å²) in [5.74, 6) is 0.475. The smallest absolute Gasteiger partial charge is 0.211 e. The van der Waals surface area contributed by atoms with Crippen molar-refractivity contribution >= 4 is 32.3 Å². The molecule has 0 saturated carbocycles. The summed E-state index contributed by atoms with van der Waals surface area (Å²) >= 11 is 6.11. The molecule has 0 atom stereocenters. The van der Waals surface area contributed by atoms with E-state index in [0.29, 0.717) is 22.8 Å². The van der Waals surface area contributed by atoms with Crippen LogP contribution in [0, 0.1) is 0 Å². The zero-order chi connectivity index (χ0) is 21.3. The van der Waals surface area contributed by atoms with E-state index in [9.17, 15) is 13.2 Å². The second-order valence-corrected chi connectivity index (χ2v) is 9.13. The first kappa shape index (κ1) is 20.2. The van der Waals surface area contributed by atoms with Crippen LogP contribution in [0.3, 0.4) is 0 Å². The van der Waals surface area contributed by atoms with Gasteiger partial charge >= 0.3 is 0 Å². The summed E-state index contributed by atoms with van der Waals surface area (Å²) in [6, 6.07) is 20.3. The molecule has 30 heavy (non-hydrogen) atoms. The number of hydrogen-bond donors (Lipinski definition) is 0. The van der Waals surface area contributed by atoms with Gasteiger partial charge in [0.15, 0.2) is 0 Å². The van der Waals surface area contributed by atoms with Crippen molar-refractivity contribution in [1.29, 1.82) is 0 Å². The molecule has 0 radical (unpaired) electrons. The molecule has 0 unspecified atom stereocenters. The number of sulfone groups is 1. The highest BCUT2D eigenvalue weighted by Crippen LogP contribution is 2.25. The maximum atomic E-state index is 13.2. The monoisotopic (exact) mass is 439 g/mol. The molecule has 0 amide bonds. The number of benzene rings is 3. The quantitative estimate of drug-likeness (QED) is 0.457. The van der Waals surface area contributed by atoms with Crippen molar-refractivity contribution in [1.82, 2.24) is 4.57 Å². The van der Waals surface area contributed by atoms with E-state index in [1.807, 2.05) is 12.1 Å². The number of ether oxygens (including phenoxy) is 1. The van der Waals surface area contributed by atoms with Gasteiger partial charge in [0.25, 0.3) is 0 Å². The van der Waals surface area contributed by atoms with Crippen molar-refractivity contribution in [3.63, 3.8) is 0 Å². The molecule has 4 rings (SSSR count). The zero-order valence-electron chi connectivity index (χ0n) is 16.1. The van der Waals surface area contributed by atoms with E-state index in [-0.39, 0.29) is 15.2 Å². The first-order valence-corrected chi connectivity index (χ1v) is 11.0. The average Bonchev–Trinajstić information content (AvgIpc) is 2.76. The molecule has 0 aliphatic rings. The highest BCUT2D eigenvalue weighted by molar-refractivity contribution is 7.91. The molecular formula is C23H18ClNO4S. The molecule has 3 aromatic carbocycles. The van der Waals surface area contributed by atoms with Gasteiger partial charge in [0.05, 0.1) is 22.9 Å². The van der Waals surface area contributed by atoms with E-state index in [4.69, 9.17) is 16.3 Å². The second-order valence-electron chi connectivity index (χ2n) is 6.78. The molecule has 1 aromatic heterocycles. The lowest BCUT2D eigenvalue weighted by molar-refractivity contribution is 0.415. The Morgan fingerprint density at radius 3 is 2.43 bits per heavy atom. The van der Waals surface area contributed by atoms with Crippen molar-refractivity contribution < 1.29 is 13.2 Å². The minimum atomic E-state index is -4.00. The Morgan fingerprint density at radius 1 is 0.967 bits per heavy atom. The predicted molar refractivity (Wildman–Crippen MR) is 117 cm³/mol. The Kier molecular flexibility index (Phi) is 5.37. The van der Waals surface area contributed by atoms with Gasteiger partial charge in [-0.1, -0.05) is 41.9 Å². The standard InChI is InChI=1S/C23H18ClNO4S/c1-29-18-10-11-21-20(13-18)23(26)22(30(27,28)19-8-3-2-4-9-19)15-25(21)14-16-6-5-7-17(24)12-16/h2-13,15H,14H2,1H3. The fraction of sp³-hybridized carbons (Fsp3) is 0.0870. The van der Waals surface area contributed by atoms with E-state index < -0.39 is 15.3 Å². The summed E-state index contributed by atoms with van der Waals surface area (Å²) in [6.45, 7) is 0.348. The van der Waals surface area contributed by atoms with Gasteiger partial charge in [-0.05, 0) is 48.0 Å². The predicted octanol–water partition coefficient (Wildman–Crippen LogP) is 4.54. The summed E-state index contributed by atoms with van der Waals surface area (Å²) in [5, 5.41) is 0.852. The lowest BCUT2D eigenvalue weighted by Gasteiger charge is -2.15. The summed E-state index contributed by atoms with van der Waals surface area (Å²) in [6.07, 6.45) is 1.40. The number of halogens is 1. The minimum Gasteiger partial charge on any atom is -0.497 e. The number of pyridine rings is 1. The van der Waals surface area contributed by atoms with Crippen LogP contribution < -0.4 is 10.2 Å². The van der Waals surface area contributed by atoms with Gasteiger partial charge < -0.3 is 9.30 Å². The Bertz CT molecular complexity index is 1400. The highest BCUT2D eigenvalue weighted by atomic mass is 35.5. The molecule has 0 aliphatic carbocycles. The summed E-state index contributed by atoms with van der Waals surface area (Å²) in [4.78, 5) is 13.0. The molecule has 0 aliphatic heterocycles. The Balaban J connectivity index is 1.99. The summed E-state index contributed by atoms with van der Waals surface area (Å²) in [5.41, 5.74) is 0.925. The van der Waals surface area contributed by atoms with Crippen LogP contribution >= 0.6 is 11.6 Å². The Morgan fingerprint density at radius 2 is 1.73 bits per heavy atom. The molecule has 0 N–H and O–H groups in total.